The first-order valence-electron chi connectivity index (χ1n) is 10.7. The largest absolute Gasteiger partial charge is 0.485 e. The fourth-order valence-corrected chi connectivity index (χ4v) is 3.60. The van der Waals surface area contributed by atoms with Crippen molar-refractivity contribution >= 4 is 11.8 Å². The number of hydrogen-bond acceptors (Lipinski definition) is 6. The van der Waals surface area contributed by atoms with Crippen LogP contribution in [0.15, 0.2) is 24.5 Å². The summed E-state index contributed by atoms with van der Waals surface area (Å²) in [6, 6.07) is 2.96. The Morgan fingerprint density at radius 3 is 2.82 bits per heavy atom. The van der Waals surface area contributed by atoms with Gasteiger partial charge in [-0.2, -0.15) is 0 Å². The smallest absolute Gasteiger partial charge is 0.278 e. The highest BCUT2D eigenvalue weighted by Crippen LogP contribution is 2.33. The van der Waals surface area contributed by atoms with Crippen molar-refractivity contribution in [3.05, 3.63) is 52.6 Å². The molecular weight excluding hydrogens is 434 g/mol. The van der Waals surface area contributed by atoms with Crippen LogP contribution in [0, 0.1) is 6.92 Å². The minimum Gasteiger partial charge on any atom is -0.485 e. The molecule has 0 aliphatic carbocycles. The summed E-state index contributed by atoms with van der Waals surface area (Å²) in [7, 11) is 0. The Labute approximate surface area is 191 Å². The molecule has 10 heteroatoms. The summed E-state index contributed by atoms with van der Waals surface area (Å²) in [5, 5.41) is 11.6. The lowest BCUT2D eigenvalue weighted by atomic mass is 10.1. The normalized spacial score (nSPS) is 14.2. The molecule has 0 spiro atoms. The second-order valence-corrected chi connectivity index (χ2v) is 8.23. The number of carbonyl (C=O) groups is 2. The van der Waals surface area contributed by atoms with Crippen molar-refractivity contribution in [1.29, 1.82) is 0 Å². The van der Waals surface area contributed by atoms with E-state index in [2.05, 4.69) is 15.3 Å². The Balaban J connectivity index is 1.73. The molecule has 1 aliphatic heterocycles. The first-order valence-corrected chi connectivity index (χ1v) is 10.7. The van der Waals surface area contributed by atoms with Crippen LogP contribution in [0.1, 0.15) is 59.2 Å². The molecule has 1 unspecified atom stereocenters. The number of nitrogens with zero attached hydrogens (tertiary/aromatic N) is 3. The van der Waals surface area contributed by atoms with E-state index in [9.17, 15) is 18.4 Å². The number of nitrogens with one attached hydrogen (secondary N) is 1. The Bertz CT molecular complexity index is 1030. The van der Waals surface area contributed by atoms with E-state index in [1.54, 1.807) is 24.0 Å². The van der Waals surface area contributed by atoms with Crippen molar-refractivity contribution < 1.29 is 28.2 Å². The van der Waals surface area contributed by atoms with Crippen LogP contribution < -0.4 is 10.1 Å². The summed E-state index contributed by atoms with van der Waals surface area (Å²) in [5.74, 6) is -3.10. The third-order valence-corrected chi connectivity index (χ3v) is 5.41. The average molecular weight is 462 g/mol. The molecule has 2 aromatic heterocycles. The van der Waals surface area contributed by atoms with Crippen LogP contribution in [-0.4, -0.2) is 57.5 Å². The monoisotopic (exact) mass is 462 g/mol. The number of aliphatic hydroxyl groups excluding tert-OH is 1. The zero-order valence-electron chi connectivity index (χ0n) is 18.9. The van der Waals surface area contributed by atoms with Crippen LogP contribution >= 0.6 is 0 Å². The minimum absolute atomic E-state index is 0.00763. The lowest BCUT2D eigenvalue weighted by Crippen LogP contribution is -2.28. The van der Waals surface area contributed by atoms with Crippen LogP contribution in [0.3, 0.4) is 0 Å². The van der Waals surface area contributed by atoms with Crippen LogP contribution in [0.2, 0.25) is 0 Å². The third kappa shape index (κ3) is 6.01. The molecule has 0 fully saturated rings. The van der Waals surface area contributed by atoms with Crippen molar-refractivity contribution in [2.75, 3.05) is 19.8 Å². The van der Waals surface area contributed by atoms with E-state index in [1.165, 1.54) is 12.4 Å². The molecule has 0 saturated heterocycles. The van der Waals surface area contributed by atoms with Gasteiger partial charge in [-0.05, 0) is 38.0 Å². The SMILES string of the molecule is Cc1cc(C(C)N2Cc3c(ccnc3CC(=O)NCCCO)C2=O)ncc1OCC(C)(F)F. The Morgan fingerprint density at radius 1 is 1.39 bits per heavy atom. The summed E-state index contributed by atoms with van der Waals surface area (Å²) in [6.45, 7) is 4.25. The van der Waals surface area contributed by atoms with Gasteiger partial charge in [-0.25, -0.2) is 8.78 Å². The van der Waals surface area contributed by atoms with Crippen molar-refractivity contribution in [3.63, 3.8) is 0 Å². The first-order chi connectivity index (χ1) is 15.6. The summed E-state index contributed by atoms with van der Waals surface area (Å²) >= 11 is 0. The van der Waals surface area contributed by atoms with Crippen LogP contribution in [0.5, 0.6) is 5.75 Å². The van der Waals surface area contributed by atoms with E-state index in [-0.39, 0.29) is 37.1 Å². The Morgan fingerprint density at radius 2 is 2.15 bits per heavy atom. The second-order valence-electron chi connectivity index (χ2n) is 8.23. The van der Waals surface area contributed by atoms with Gasteiger partial charge in [-0.3, -0.25) is 19.6 Å². The maximum absolute atomic E-state index is 13.1. The predicted octanol–water partition coefficient (Wildman–Crippen LogP) is 2.58. The Hall–Kier alpha value is -3.14. The molecule has 3 heterocycles. The van der Waals surface area contributed by atoms with Crippen molar-refractivity contribution in [1.82, 2.24) is 20.2 Å². The lowest BCUT2D eigenvalue weighted by Gasteiger charge is -2.24. The second kappa shape index (κ2) is 10.2. The number of aromatic nitrogens is 2. The van der Waals surface area contributed by atoms with Crippen molar-refractivity contribution in [2.45, 2.75) is 52.1 Å². The quantitative estimate of drug-likeness (QED) is 0.526. The number of alkyl halides is 2. The lowest BCUT2D eigenvalue weighted by molar-refractivity contribution is -0.120. The molecule has 33 heavy (non-hydrogen) atoms. The number of aliphatic hydroxyl groups is 1. The van der Waals surface area contributed by atoms with Gasteiger partial charge < -0.3 is 20.1 Å². The molecule has 0 radical (unpaired) electrons. The average Bonchev–Trinajstić information content (AvgIpc) is 3.09. The number of rotatable bonds is 10. The zero-order chi connectivity index (χ0) is 24.2. The van der Waals surface area contributed by atoms with E-state index in [4.69, 9.17) is 9.84 Å². The van der Waals surface area contributed by atoms with Gasteiger partial charge in [-0.15, -0.1) is 0 Å². The van der Waals surface area contributed by atoms with E-state index in [0.29, 0.717) is 41.0 Å². The van der Waals surface area contributed by atoms with E-state index in [0.717, 1.165) is 6.92 Å². The fraction of sp³-hybridized carbons (Fsp3) is 0.478. The number of ether oxygens (including phenoxy) is 1. The minimum atomic E-state index is -2.95. The number of aryl methyl sites for hydroxylation is 1. The van der Waals surface area contributed by atoms with Gasteiger partial charge in [0.05, 0.1) is 30.0 Å². The highest BCUT2D eigenvalue weighted by molar-refractivity contribution is 5.99. The number of halogens is 2. The van der Waals surface area contributed by atoms with Crippen LogP contribution in [0.25, 0.3) is 0 Å². The molecule has 3 rings (SSSR count). The maximum Gasteiger partial charge on any atom is 0.278 e. The first kappa shape index (κ1) is 24.5. The maximum atomic E-state index is 13.1. The number of pyridine rings is 2. The third-order valence-electron chi connectivity index (χ3n) is 5.41. The molecule has 1 aliphatic rings. The molecular formula is C23H28F2N4O4. The molecule has 0 bridgehead atoms. The number of amides is 2. The van der Waals surface area contributed by atoms with Gasteiger partial charge in [0.1, 0.15) is 5.75 Å². The molecule has 0 aromatic carbocycles. The standard InChI is InChI=1S/C23H28F2N4O4/c1-14-9-18(28-11-20(14)33-13-23(3,24)25)15(2)29-12-17-16(22(29)32)5-7-26-19(17)10-21(31)27-6-4-8-30/h5,7,9,11,15,30H,4,6,8,10,12-13H2,1-3H3,(H,27,31). The summed E-state index contributed by atoms with van der Waals surface area (Å²) in [5.41, 5.74) is 2.97. The van der Waals surface area contributed by atoms with Gasteiger partial charge in [0.15, 0.2) is 6.61 Å². The fourth-order valence-electron chi connectivity index (χ4n) is 3.60. The number of carbonyl (C=O) groups excluding carboxylic acids is 2. The molecule has 2 N–H and O–H groups in total. The van der Waals surface area contributed by atoms with Crippen molar-refractivity contribution in [2.24, 2.45) is 0 Å². The van der Waals surface area contributed by atoms with Gasteiger partial charge in [0, 0.05) is 43.9 Å². The zero-order valence-corrected chi connectivity index (χ0v) is 18.9. The van der Waals surface area contributed by atoms with Gasteiger partial charge in [-0.1, -0.05) is 0 Å². The van der Waals surface area contributed by atoms with Gasteiger partial charge >= 0.3 is 0 Å². The molecule has 0 saturated carbocycles. The summed E-state index contributed by atoms with van der Waals surface area (Å²) in [6.07, 6.45) is 3.41. The van der Waals surface area contributed by atoms with Gasteiger partial charge in [0.2, 0.25) is 5.91 Å². The molecule has 2 aromatic rings. The van der Waals surface area contributed by atoms with E-state index < -0.39 is 18.6 Å². The number of hydrogen-bond donors (Lipinski definition) is 2. The molecule has 8 nitrogen and oxygen atoms in total. The highest BCUT2D eigenvalue weighted by atomic mass is 19.3. The van der Waals surface area contributed by atoms with Gasteiger partial charge in [0.25, 0.3) is 11.8 Å². The molecule has 1 atom stereocenters. The van der Waals surface area contributed by atoms with E-state index >= 15 is 0 Å². The predicted molar refractivity (Wildman–Crippen MR) is 116 cm³/mol. The molecule has 2 amide bonds. The summed E-state index contributed by atoms with van der Waals surface area (Å²) < 4.78 is 31.3. The van der Waals surface area contributed by atoms with E-state index in [1.807, 2.05) is 6.92 Å². The van der Waals surface area contributed by atoms with Crippen molar-refractivity contribution in [3.8, 4) is 5.75 Å². The van der Waals surface area contributed by atoms with Crippen LogP contribution in [0.4, 0.5) is 8.78 Å². The number of fused-ring (bicyclic) bond motifs is 1. The Kier molecular flexibility index (Phi) is 7.57. The topological polar surface area (TPSA) is 105 Å². The molecule has 178 valence electrons. The van der Waals surface area contributed by atoms with Crippen LogP contribution in [-0.2, 0) is 17.8 Å². The highest BCUT2D eigenvalue weighted by Gasteiger charge is 2.34. The summed E-state index contributed by atoms with van der Waals surface area (Å²) in [4.78, 5) is 35.5.